The molecular weight excluding hydrogens is 240 g/mol. The molecule has 1 rings (SSSR count). The highest BCUT2D eigenvalue weighted by molar-refractivity contribution is 9.13. The lowest BCUT2D eigenvalue weighted by Crippen LogP contribution is -1.46. The van der Waals surface area contributed by atoms with Crippen molar-refractivity contribution in [1.29, 1.82) is 0 Å². The highest BCUT2D eigenvalue weighted by atomic mass is 79.9. The molecule has 0 saturated carbocycles. The zero-order valence-electron chi connectivity index (χ0n) is 3.69. The second-order valence-corrected chi connectivity index (χ2v) is 2.78. The van der Waals surface area contributed by atoms with E-state index in [9.17, 15) is 0 Å². The second kappa shape index (κ2) is 2.11. The smallest absolute Gasteiger partial charge is 0.284 e. The fourth-order valence-corrected chi connectivity index (χ4v) is 0.892. The van der Waals surface area contributed by atoms with Crippen LogP contribution >= 0.6 is 31.9 Å². The van der Waals surface area contributed by atoms with Crippen LogP contribution in [-0.2, 0) is 0 Å². The Morgan fingerprint density at radius 2 is 2.12 bits per heavy atom. The van der Waals surface area contributed by atoms with Crippen molar-refractivity contribution in [2.24, 2.45) is 0 Å². The lowest BCUT2D eigenvalue weighted by Gasteiger charge is -1.75. The van der Waals surface area contributed by atoms with Crippen LogP contribution in [0.25, 0.3) is 0 Å². The van der Waals surface area contributed by atoms with Crippen LogP contribution in [0.1, 0.15) is 0 Å². The Bertz CT molecular complexity index is 174. The molecule has 0 atom stereocenters. The number of aromatic hydroxyl groups is 1. The van der Waals surface area contributed by atoms with Gasteiger partial charge in [-0.3, -0.25) is 0 Å². The van der Waals surface area contributed by atoms with Gasteiger partial charge in [0.05, 0.1) is 4.47 Å². The van der Waals surface area contributed by atoms with Gasteiger partial charge in [0.25, 0.3) is 5.95 Å². The van der Waals surface area contributed by atoms with E-state index in [4.69, 9.17) is 5.11 Å². The predicted molar refractivity (Wildman–Crippen MR) is 35.8 cm³/mol. The van der Waals surface area contributed by atoms with Gasteiger partial charge in [0.1, 0.15) is 0 Å². The van der Waals surface area contributed by atoms with Crippen LogP contribution in [0.4, 0.5) is 0 Å². The minimum Gasteiger partial charge on any atom is -0.481 e. The number of hydrogen-bond acceptors (Lipinski definition) is 2. The average Bonchev–Trinajstić information content (AvgIpc) is 1.85. The van der Waals surface area contributed by atoms with E-state index in [0.29, 0.717) is 4.67 Å². The number of furan rings is 1. The van der Waals surface area contributed by atoms with E-state index in [1.807, 2.05) is 0 Å². The van der Waals surface area contributed by atoms with E-state index < -0.39 is 0 Å². The molecule has 0 aliphatic carbocycles. The third-order valence-electron chi connectivity index (χ3n) is 0.632. The third-order valence-corrected chi connectivity index (χ3v) is 2.34. The van der Waals surface area contributed by atoms with Gasteiger partial charge in [0, 0.05) is 6.07 Å². The first-order valence-corrected chi connectivity index (χ1v) is 3.42. The van der Waals surface area contributed by atoms with Crippen LogP contribution in [0.5, 0.6) is 5.95 Å². The lowest BCUT2D eigenvalue weighted by molar-refractivity contribution is 0.324. The van der Waals surface area contributed by atoms with Crippen LogP contribution in [0, 0.1) is 0 Å². The summed E-state index contributed by atoms with van der Waals surface area (Å²) in [5.41, 5.74) is 0. The lowest BCUT2D eigenvalue weighted by atomic mass is 10.7. The molecule has 44 valence electrons. The summed E-state index contributed by atoms with van der Waals surface area (Å²) < 4.78 is 5.87. The SMILES string of the molecule is Oc1cc(Br)c(Br)o1. The molecule has 1 aromatic heterocycles. The zero-order chi connectivity index (χ0) is 6.15. The van der Waals surface area contributed by atoms with Crippen molar-refractivity contribution in [1.82, 2.24) is 0 Å². The molecule has 0 aliphatic rings. The molecular formula is C4H2Br2O2. The summed E-state index contributed by atoms with van der Waals surface area (Å²) in [5, 5.41) is 8.61. The number of hydrogen-bond donors (Lipinski definition) is 1. The summed E-state index contributed by atoms with van der Waals surface area (Å²) >= 11 is 6.16. The molecule has 2 nitrogen and oxygen atoms in total. The fraction of sp³-hybridized carbons (Fsp3) is 0. The standard InChI is InChI=1S/C4H2Br2O2/c5-2-1-3(7)8-4(2)6/h1,7H. The summed E-state index contributed by atoms with van der Waals surface area (Å²) in [4.78, 5) is 0. The number of rotatable bonds is 0. The van der Waals surface area contributed by atoms with E-state index in [2.05, 4.69) is 36.3 Å². The predicted octanol–water partition coefficient (Wildman–Crippen LogP) is 2.51. The number of halogens is 2. The van der Waals surface area contributed by atoms with Crippen molar-refractivity contribution in [3.63, 3.8) is 0 Å². The molecule has 0 unspecified atom stereocenters. The molecule has 8 heavy (non-hydrogen) atoms. The van der Waals surface area contributed by atoms with Gasteiger partial charge < -0.3 is 9.52 Å². The second-order valence-electron chi connectivity index (χ2n) is 1.21. The third kappa shape index (κ3) is 1.06. The van der Waals surface area contributed by atoms with Gasteiger partial charge in [0.2, 0.25) is 0 Å². The summed E-state index contributed by atoms with van der Waals surface area (Å²) in [5.74, 6) is -0.0937. The fourth-order valence-electron chi connectivity index (χ4n) is 0.335. The first-order chi connectivity index (χ1) is 3.70. The molecule has 0 aliphatic heterocycles. The molecule has 0 amide bonds. The maximum Gasteiger partial charge on any atom is 0.284 e. The van der Waals surface area contributed by atoms with E-state index in [1.54, 1.807) is 0 Å². The summed E-state index contributed by atoms with van der Waals surface area (Å²) in [7, 11) is 0. The normalized spacial score (nSPS) is 9.75. The molecule has 0 saturated heterocycles. The van der Waals surface area contributed by atoms with E-state index >= 15 is 0 Å². The highest BCUT2D eigenvalue weighted by Gasteiger charge is 2.01. The Labute approximate surface area is 62.8 Å². The summed E-state index contributed by atoms with van der Waals surface area (Å²) in [6.07, 6.45) is 0. The molecule has 0 radical (unpaired) electrons. The average molecular weight is 242 g/mol. The van der Waals surface area contributed by atoms with Crippen LogP contribution in [0.15, 0.2) is 19.6 Å². The van der Waals surface area contributed by atoms with Crippen LogP contribution in [0.3, 0.4) is 0 Å². The van der Waals surface area contributed by atoms with Gasteiger partial charge in [-0.15, -0.1) is 0 Å². The van der Waals surface area contributed by atoms with Crippen LogP contribution < -0.4 is 0 Å². The van der Waals surface area contributed by atoms with E-state index in [1.165, 1.54) is 6.07 Å². The minimum atomic E-state index is -0.0937. The summed E-state index contributed by atoms with van der Waals surface area (Å²) in [6, 6.07) is 1.46. The maximum absolute atomic E-state index is 8.61. The Balaban J connectivity index is 3.14. The van der Waals surface area contributed by atoms with Gasteiger partial charge >= 0.3 is 0 Å². The van der Waals surface area contributed by atoms with E-state index in [-0.39, 0.29) is 5.95 Å². The molecule has 1 aromatic rings. The Hall–Kier alpha value is 0.0400. The Morgan fingerprint density at radius 1 is 1.50 bits per heavy atom. The molecule has 0 spiro atoms. The summed E-state index contributed by atoms with van der Waals surface area (Å²) in [6.45, 7) is 0. The molecule has 0 aromatic carbocycles. The van der Waals surface area contributed by atoms with Crippen molar-refractivity contribution in [2.45, 2.75) is 0 Å². The molecule has 4 heteroatoms. The van der Waals surface area contributed by atoms with Crippen molar-refractivity contribution in [3.05, 3.63) is 15.2 Å². The largest absolute Gasteiger partial charge is 0.481 e. The first-order valence-electron chi connectivity index (χ1n) is 1.84. The van der Waals surface area contributed by atoms with Crippen molar-refractivity contribution in [2.75, 3.05) is 0 Å². The monoisotopic (exact) mass is 240 g/mol. The highest BCUT2D eigenvalue weighted by Crippen LogP contribution is 2.29. The first kappa shape index (κ1) is 6.16. The molecule has 1 heterocycles. The van der Waals surface area contributed by atoms with Crippen molar-refractivity contribution < 1.29 is 9.52 Å². The Kier molecular flexibility index (Phi) is 1.62. The minimum absolute atomic E-state index is 0.0937. The van der Waals surface area contributed by atoms with Crippen molar-refractivity contribution >= 4 is 31.9 Å². The molecule has 1 N–H and O–H groups in total. The van der Waals surface area contributed by atoms with Crippen molar-refractivity contribution in [3.8, 4) is 5.95 Å². The van der Waals surface area contributed by atoms with Crippen LogP contribution in [-0.4, -0.2) is 5.11 Å². The topological polar surface area (TPSA) is 33.4 Å². The van der Waals surface area contributed by atoms with Gasteiger partial charge in [0.15, 0.2) is 4.67 Å². The van der Waals surface area contributed by atoms with Gasteiger partial charge in [-0.05, 0) is 31.9 Å². The quantitative estimate of drug-likeness (QED) is 0.757. The van der Waals surface area contributed by atoms with Gasteiger partial charge in [-0.2, -0.15) is 0 Å². The molecule has 0 fully saturated rings. The Morgan fingerprint density at radius 3 is 2.25 bits per heavy atom. The maximum atomic E-state index is 8.61. The van der Waals surface area contributed by atoms with Crippen LogP contribution in [0.2, 0.25) is 0 Å². The van der Waals surface area contributed by atoms with Gasteiger partial charge in [-0.1, -0.05) is 0 Å². The van der Waals surface area contributed by atoms with Gasteiger partial charge in [-0.25, -0.2) is 0 Å². The zero-order valence-corrected chi connectivity index (χ0v) is 6.86. The van der Waals surface area contributed by atoms with E-state index in [0.717, 1.165) is 4.47 Å². The molecule has 0 bridgehead atoms.